The Morgan fingerprint density at radius 3 is 2.83 bits per heavy atom. The molecule has 0 aliphatic heterocycles. The lowest BCUT2D eigenvalue weighted by Crippen LogP contribution is -2.22. The van der Waals surface area contributed by atoms with Gasteiger partial charge in [0.15, 0.2) is 6.61 Å². The number of ether oxygens (including phenoxy) is 2. The van der Waals surface area contributed by atoms with E-state index < -0.39 is 11.9 Å². The number of carbonyl (C=O) groups is 2. The summed E-state index contributed by atoms with van der Waals surface area (Å²) in [5, 5.41) is 11.2. The maximum Gasteiger partial charge on any atom is 0.332 e. The quantitative estimate of drug-likeness (QED) is 0.774. The zero-order chi connectivity index (χ0) is 13.4. The van der Waals surface area contributed by atoms with Crippen LogP contribution >= 0.6 is 0 Å². The summed E-state index contributed by atoms with van der Waals surface area (Å²) in [5.41, 5.74) is 0.908. The van der Waals surface area contributed by atoms with Crippen molar-refractivity contribution in [1.82, 2.24) is 0 Å². The van der Waals surface area contributed by atoms with Crippen molar-refractivity contribution in [2.45, 2.75) is 0 Å². The molecule has 1 N–H and O–H groups in total. The fourth-order valence-corrected chi connectivity index (χ4v) is 1.17. The smallest absolute Gasteiger partial charge is 0.332 e. The number of carbonyl (C=O) groups excluding carboxylic acids is 2. The molecule has 18 heavy (non-hydrogen) atoms. The molecule has 94 valence electrons. The zero-order valence-corrected chi connectivity index (χ0v) is 9.80. The second kappa shape index (κ2) is 7.04. The SMILES string of the molecule is COCC(=O)OCC(=O)Nc1cccc(C#N)c1. The molecule has 1 rings (SSSR count). The summed E-state index contributed by atoms with van der Waals surface area (Å²) in [5.74, 6) is -1.09. The highest BCUT2D eigenvalue weighted by Gasteiger charge is 2.07. The van der Waals surface area contributed by atoms with Crippen molar-refractivity contribution >= 4 is 17.6 Å². The van der Waals surface area contributed by atoms with Gasteiger partial charge >= 0.3 is 5.97 Å². The average Bonchev–Trinajstić information content (AvgIpc) is 2.37. The maximum absolute atomic E-state index is 11.4. The molecule has 1 aromatic carbocycles. The first-order valence-corrected chi connectivity index (χ1v) is 5.10. The Kier molecular flexibility index (Phi) is 5.35. The van der Waals surface area contributed by atoms with Crippen LogP contribution in [0.3, 0.4) is 0 Å². The standard InChI is InChI=1S/C12H12N2O4/c1-17-8-12(16)18-7-11(15)14-10-4-2-3-9(5-10)6-13/h2-5H,7-8H2,1H3,(H,14,15). The topological polar surface area (TPSA) is 88.4 Å². The Bertz CT molecular complexity index is 479. The first kappa shape index (κ1) is 13.7. The maximum atomic E-state index is 11.4. The van der Waals surface area contributed by atoms with Crippen LogP contribution in [0.2, 0.25) is 0 Å². The van der Waals surface area contributed by atoms with Gasteiger partial charge in [0.05, 0.1) is 11.6 Å². The lowest BCUT2D eigenvalue weighted by Gasteiger charge is -2.06. The van der Waals surface area contributed by atoms with Crippen molar-refractivity contribution in [1.29, 1.82) is 5.26 Å². The van der Waals surface area contributed by atoms with Crippen molar-refractivity contribution in [2.75, 3.05) is 25.6 Å². The summed E-state index contributed by atoms with van der Waals surface area (Å²) in [7, 11) is 1.36. The van der Waals surface area contributed by atoms with Gasteiger partial charge in [-0.25, -0.2) is 4.79 Å². The third-order valence-electron chi connectivity index (χ3n) is 1.90. The van der Waals surface area contributed by atoms with Crippen molar-refractivity contribution in [2.24, 2.45) is 0 Å². The summed E-state index contributed by atoms with van der Waals surface area (Å²) >= 11 is 0. The molecule has 6 nitrogen and oxygen atoms in total. The number of hydrogen-bond acceptors (Lipinski definition) is 5. The fraction of sp³-hybridized carbons (Fsp3) is 0.250. The summed E-state index contributed by atoms with van der Waals surface area (Å²) in [6.07, 6.45) is 0. The first-order chi connectivity index (χ1) is 8.65. The van der Waals surface area contributed by atoms with E-state index in [2.05, 4.69) is 14.8 Å². The molecule has 0 saturated heterocycles. The van der Waals surface area contributed by atoms with Gasteiger partial charge in [-0.15, -0.1) is 0 Å². The molecule has 6 heteroatoms. The van der Waals surface area contributed by atoms with Gasteiger partial charge in [-0.05, 0) is 18.2 Å². The third-order valence-corrected chi connectivity index (χ3v) is 1.90. The van der Waals surface area contributed by atoms with Crippen molar-refractivity contribution in [3.8, 4) is 6.07 Å². The number of methoxy groups -OCH3 is 1. The average molecular weight is 248 g/mol. The molecule has 0 unspecified atom stereocenters. The zero-order valence-electron chi connectivity index (χ0n) is 9.80. The summed E-state index contributed by atoms with van der Waals surface area (Å²) in [4.78, 5) is 22.3. The highest BCUT2D eigenvalue weighted by atomic mass is 16.6. The van der Waals surface area contributed by atoms with Crippen LogP contribution in [0, 0.1) is 11.3 Å². The normalized spacial score (nSPS) is 9.33. The van der Waals surface area contributed by atoms with Crippen molar-refractivity contribution in [3.63, 3.8) is 0 Å². The van der Waals surface area contributed by atoms with E-state index >= 15 is 0 Å². The van der Waals surface area contributed by atoms with Crippen LogP contribution in [0.5, 0.6) is 0 Å². The van der Waals surface area contributed by atoms with Gasteiger partial charge in [0.1, 0.15) is 6.61 Å². The van der Waals surface area contributed by atoms with E-state index in [4.69, 9.17) is 5.26 Å². The van der Waals surface area contributed by atoms with Gasteiger partial charge in [0, 0.05) is 12.8 Å². The van der Waals surface area contributed by atoms with Crippen LogP contribution in [0.25, 0.3) is 0 Å². The number of benzene rings is 1. The monoisotopic (exact) mass is 248 g/mol. The minimum absolute atomic E-state index is 0.197. The summed E-state index contributed by atoms with van der Waals surface area (Å²) in [6, 6.07) is 8.37. The van der Waals surface area contributed by atoms with Gasteiger partial charge < -0.3 is 14.8 Å². The number of amides is 1. The Morgan fingerprint density at radius 2 is 2.17 bits per heavy atom. The van der Waals surface area contributed by atoms with Crippen molar-refractivity contribution in [3.05, 3.63) is 29.8 Å². The molecule has 0 atom stereocenters. The van der Waals surface area contributed by atoms with Gasteiger partial charge in [-0.3, -0.25) is 4.79 Å². The van der Waals surface area contributed by atoms with Crippen LogP contribution in [0.4, 0.5) is 5.69 Å². The molecular weight excluding hydrogens is 236 g/mol. The molecule has 0 bridgehead atoms. The molecule has 0 fully saturated rings. The summed E-state index contributed by atoms with van der Waals surface area (Å²) < 4.78 is 9.17. The number of rotatable bonds is 5. The predicted molar refractivity (Wildman–Crippen MR) is 62.6 cm³/mol. The highest BCUT2D eigenvalue weighted by molar-refractivity contribution is 5.92. The molecular formula is C12H12N2O4. The van der Waals surface area contributed by atoms with E-state index in [9.17, 15) is 9.59 Å². The molecule has 0 spiro atoms. The molecule has 0 heterocycles. The number of nitriles is 1. The molecule has 0 aliphatic carbocycles. The van der Waals surface area contributed by atoms with Crippen LogP contribution in [-0.4, -0.2) is 32.2 Å². The number of hydrogen-bond donors (Lipinski definition) is 1. The van der Waals surface area contributed by atoms with Crippen LogP contribution in [-0.2, 0) is 19.1 Å². The molecule has 0 saturated carbocycles. The lowest BCUT2D eigenvalue weighted by atomic mass is 10.2. The van der Waals surface area contributed by atoms with Gasteiger partial charge in [-0.2, -0.15) is 5.26 Å². The van der Waals surface area contributed by atoms with Gasteiger partial charge in [0.2, 0.25) is 0 Å². The van der Waals surface area contributed by atoms with Crippen molar-refractivity contribution < 1.29 is 19.1 Å². The minimum Gasteiger partial charge on any atom is -0.454 e. The van der Waals surface area contributed by atoms with E-state index in [1.54, 1.807) is 18.2 Å². The largest absolute Gasteiger partial charge is 0.454 e. The Labute approximate surface area is 104 Å². The second-order valence-corrected chi connectivity index (χ2v) is 3.33. The lowest BCUT2D eigenvalue weighted by molar-refractivity contribution is -0.150. The Hall–Kier alpha value is -2.39. The van der Waals surface area contributed by atoms with E-state index in [0.29, 0.717) is 11.3 Å². The highest BCUT2D eigenvalue weighted by Crippen LogP contribution is 2.09. The van der Waals surface area contributed by atoms with Gasteiger partial charge in [-0.1, -0.05) is 6.07 Å². The van der Waals surface area contributed by atoms with E-state index in [1.165, 1.54) is 13.2 Å². The van der Waals surface area contributed by atoms with E-state index in [0.717, 1.165) is 0 Å². The number of anilines is 1. The van der Waals surface area contributed by atoms with Gasteiger partial charge in [0.25, 0.3) is 5.91 Å². The van der Waals surface area contributed by atoms with Crippen LogP contribution < -0.4 is 5.32 Å². The van der Waals surface area contributed by atoms with Crippen LogP contribution in [0.15, 0.2) is 24.3 Å². The molecule has 1 amide bonds. The fourth-order valence-electron chi connectivity index (χ4n) is 1.17. The molecule has 0 aromatic heterocycles. The Balaban J connectivity index is 2.45. The summed E-state index contributed by atoms with van der Waals surface area (Å²) in [6.45, 7) is -0.587. The van der Waals surface area contributed by atoms with Crippen LogP contribution in [0.1, 0.15) is 5.56 Å². The minimum atomic E-state index is -0.613. The molecule has 1 aromatic rings. The van der Waals surface area contributed by atoms with E-state index in [-0.39, 0.29) is 13.2 Å². The molecule has 0 aliphatic rings. The Morgan fingerprint density at radius 1 is 1.39 bits per heavy atom. The molecule has 0 radical (unpaired) electrons. The predicted octanol–water partition coefficient (Wildman–Crippen LogP) is 0.686. The second-order valence-electron chi connectivity index (χ2n) is 3.33. The number of nitrogens with zero attached hydrogens (tertiary/aromatic N) is 1. The first-order valence-electron chi connectivity index (χ1n) is 5.10. The van der Waals surface area contributed by atoms with E-state index in [1.807, 2.05) is 6.07 Å². The third kappa shape index (κ3) is 4.63. The number of esters is 1. The number of nitrogens with one attached hydrogen (secondary N) is 1.